The minimum Gasteiger partial charge on any atom is -0.412 e. The van der Waals surface area contributed by atoms with Gasteiger partial charge in [0.05, 0.1) is 5.92 Å². The largest absolute Gasteiger partial charge is 0.457 e. The van der Waals surface area contributed by atoms with E-state index in [0.717, 1.165) is 52.1 Å². The van der Waals surface area contributed by atoms with Crippen LogP contribution in [0.2, 0.25) is 0 Å². The van der Waals surface area contributed by atoms with Crippen LogP contribution in [-0.4, -0.2) is 30.0 Å². The van der Waals surface area contributed by atoms with Gasteiger partial charge in [-0.2, -0.15) is 26.3 Å². The number of aliphatic hydroxyl groups excluding tert-OH is 1. The van der Waals surface area contributed by atoms with Crippen LogP contribution in [-0.2, 0) is 0 Å². The van der Waals surface area contributed by atoms with Gasteiger partial charge in [0.1, 0.15) is 0 Å². The molecule has 0 saturated heterocycles. The Kier molecular flexibility index (Phi) is 11.7. The standard InChI is InChI=1S/C25H34F6.C2H6.CH4O.H2O/c1-22-14-11-21-19(20(22)9-7-16(22)5-3-4-12-24(26,27)28)8-6-17-15-18(25(29,30)31)10-13-23(17,21)2;2*1-2;/h16-21H,3,5-11,13-15H2,1-2H3;1-2H3;2H,1H3;1H2. The monoisotopic (exact) mass is 528 g/mol. The number of fused-ring (bicyclic) bond motifs is 5. The molecule has 0 spiro atoms. The molecule has 0 aromatic carbocycles. The Labute approximate surface area is 213 Å². The van der Waals surface area contributed by atoms with E-state index < -0.39 is 18.3 Å². The zero-order valence-electron chi connectivity index (χ0n) is 22.5. The first-order valence-electron chi connectivity index (χ1n) is 13.4. The van der Waals surface area contributed by atoms with E-state index in [1.807, 2.05) is 13.8 Å². The van der Waals surface area contributed by atoms with Crippen LogP contribution in [0.3, 0.4) is 0 Å². The summed E-state index contributed by atoms with van der Waals surface area (Å²) < 4.78 is 77.0. The summed E-state index contributed by atoms with van der Waals surface area (Å²) in [6, 6.07) is 0. The summed E-state index contributed by atoms with van der Waals surface area (Å²) in [5.74, 6) is 4.78. The van der Waals surface area contributed by atoms with E-state index in [-0.39, 0.29) is 28.6 Å². The summed E-state index contributed by atoms with van der Waals surface area (Å²) in [7, 11) is 1.00. The summed E-state index contributed by atoms with van der Waals surface area (Å²) in [6.07, 6.45) is -0.0234. The zero-order valence-corrected chi connectivity index (χ0v) is 22.5. The molecule has 4 fully saturated rings. The maximum absolute atomic E-state index is 13.3. The third-order valence-electron chi connectivity index (χ3n) is 10.2. The van der Waals surface area contributed by atoms with Crippen LogP contribution < -0.4 is 0 Å². The molecule has 0 heterocycles. The summed E-state index contributed by atoms with van der Waals surface area (Å²) in [5.41, 5.74) is 0.162. The fraction of sp³-hybridized carbons (Fsp3) is 0.929. The van der Waals surface area contributed by atoms with Crippen molar-refractivity contribution in [3.05, 3.63) is 0 Å². The molecule has 0 radical (unpaired) electrons. The van der Waals surface area contributed by atoms with Gasteiger partial charge in [-0.25, -0.2) is 0 Å². The van der Waals surface area contributed by atoms with Crippen molar-refractivity contribution in [2.75, 3.05) is 7.11 Å². The van der Waals surface area contributed by atoms with Gasteiger partial charge in [-0.1, -0.05) is 33.6 Å². The summed E-state index contributed by atoms with van der Waals surface area (Å²) in [6.45, 7) is 8.60. The Morgan fingerprint density at radius 2 is 1.39 bits per heavy atom. The molecule has 212 valence electrons. The van der Waals surface area contributed by atoms with Crippen LogP contribution in [0, 0.1) is 58.2 Å². The Bertz CT molecular complexity index is 739. The number of halogens is 6. The van der Waals surface area contributed by atoms with Gasteiger partial charge in [0.15, 0.2) is 0 Å². The first-order chi connectivity index (χ1) is 16.3. The van der Waals surface area contributed by atoms with Crippen LogP contribution in [0.5, 0.6) is 0 Å². The maximum atomic E-state index is 13.3. The second-order valence-corrected chi connectivity index (χ2v) is 11.3. The van der Waals surface area contributed by atoms with E-state index in [1.54, 1.807) is 0 Å². The first-order valence-corrected chi connectivity index (χ1v) is 13.4. The Morgan fingerprint density at radius 3 is 1.97 bits per heavy atom. The fourth-order valence-electron chi connectivity index (χ4n) is 8.55. The van der Waals surface area contributed by atoms with E-state index in [9.17, 15) is 26.3 Å². The normalized spacial score (nSPS) is 39.2. The number of rotatable bonds is 2. The molecule has 8 unspecified atom stereocenters. The zero-order chi connectivity index (χ0) is 26.7. The third-order valence-corrected chi connectivity index (χ3v) is 10.2. The van der Waals surface area contributed by atoms with Crippen molar-refractivity contribution in [2.24, 2.45) is 46.3 Å². The van der Waals surface area contributed by atoms with Crippen LogP contribution >= 0.6 is 0 Å². The molecule has 0 aromatic heterocycles. The highest BCUT2D eigenvalue weighted by atomic mass is 19.4. The molecule has 8 atom stereocenters. The van der Waals surface area contributed by atoms with E-state index in [4.69, 9.17) is 5.11 Å². The molecule has 0 aromatic rings. The number of hydrogen-bond donors (Lipinski definition) is 1. The van der Waals surface area contributed by atoms with E-state index in [0.29, 0.717) is 42.9 Å². The van der Waals surface area contributed by atoms with Crippen molar-refractivity contribution in [3.8, 4) is 11.8 Å². The van der Waals surface area contributed by atoms with Crippen LogP contribution in [0.15, 0.2) is 0 Å². The van der Waals surface area contributed by atoms with E-state index in [1.165, 1.54) is 5.92 Å². The molecule has 0 bridgehead atoms. The molecule has 36 heavy (non-hydrogen) atoms. The topological polar surface area (TPSA) is 51.7 Å². The molecule has 3 N–H and O–H groups in total. The second kappa shape index (κ2) is 12.7. The fourth-order valence-corrected chi connectivity index (χ4v) is 8.55. The molecule has 4 aliphatic carbocycles. The van der Waals surface area contributed by atoms with Gasteiger partial charge in [-0.15, -0.1) is 0 Å². The average Bonchev–Trinajstić information content (AvgIpc) is 3.14. The predicted octanol–water partition coefficient (Wildman–Crippen LogP) is 7.98. The Hall–Kier alpha value is -0.940. The minimum absolute atomic E-state index is 0. The molecule has 8 heteroatoms. The highest BCUT2D eigenvalue weighted by Gasteiger charge is 2.61. The lowest BCUT2D eigenvalue weighted by molar-refractivity contribution is -0.208. The van der Waals surface area contributed by atoms with Crippen LogP contribution in [0.25, 0.3) is 0 Å². The Morgan fingerprint density at radius 1 is 0.806 bits per heavy atom. The van der Waals surface area contributed by atoms with Crippen molar-refractivity contribution in [2.45, 2.75) is 111 Å². The van der Waals surface area contributed by atoms with Gasteiger partial charge in [0, 0.05) is 19.5 Å². The lowest BCUT2D eigenvalue weighted by Gasteiger charge is -2.61. The van der Waals surface area contributed by atoms with Gasteiger partial charge in [-0.05, 0) is 105 Å². The van der Waals surface area contributed by atoms with Crippen LogP contribution in [0.1, 0.15) is 98.3 Å². The Balaban J connectivity index is 0.00000123. The summed E-state index contributed by atoms with van der Waals surface area (Å²) in [4.78, 5) is 0. The quantitative estimate of drug-likeness (QED) is 0.287. The molecule has 2 nitrogen and oxygen atoms in total. The van der Waals surface area contributed by atoms with Gasteiger partial charge in [-0.3, -0.25) is 0 Å². The molecule has 0 aliphatic heterocycles. The predicted molar refractivity (Wildman–Crippen MR) is 131 cm³/mol. The number of alkyl halides is 6. The van der Waals surface area contributed by atoms with Crippen molar-refractivity contribution >= 4 is 0 Å². The molecule has 4 rings (SSSR count). The molecule has 4 saturated carbocycles. The second-order valence-electron chi connectivity index (χ2n) is 11.3. The SMILES string of the molecule is CC.CC12CCC3C(CCC4CC(C(F)(F)F)CCC43C)C1CCC2CCC#CC(F)(F)F.CO.O. The third kappa shape index (κ3) is 6.73. The van der Waals surface area contributed by atoms with Crippen molar-refractivity contribution in [3.63, 3.8) is 0 Å². The average molecular weight is 529 g/mol. The van der Waals surface area contributed by atoms with E-state index in [2.05, 4.69) is 19.8 Å². The lowest BCUT2D eigenvalue weighted by atomic mass is 9.44. The number of aliphatic hydroxyl groups is 1. The molecule has 0 amide bonds. The lowest BCUT2D eigenvalue weighted by Crippen LogP contribution is -2.54. The van der Waals surface area contributed by atoms with Gasteiger partial charge < -0.3 is 10.6 Å². The van der Waals surface area contributed by atoms with Gasteiger partial charge in [0.25, 0.3) is 0 Å². The molecule has 4 aliphatic rings. The maximum Gasteiger partial charge on any atom is 0.457 e. The number of hydrogen-bond acceptors (Lipinski definition) is 1. The van der Waals surface area contributed by atoms with Crippen molar-refractivity contribution < 1.29 is 36.9 Å². The molecular weight excluding hydrogens is 482 g/mol. The van der Waals surface area contributed by atoms with Gasteiger partial charge in [0.2, 0.25) is 0 Å². The minimum atomic E-state index is -4.42. The highest BCUT2D eigenvalue weighted by Crippen LogP contribution is 2.68. The van der Waals surface area contributed by atoms with Crippen molar-refractivity contribution in [1.29, 1.82) is 0 Å². The summed E-state index contributed by atoms with van der Waals surface area (Å²) in [5, 5.41) is 7.00. The first kappa shape index (κ1) is 33.1. The smallest absolute Gasteiger partial charge is 0.412 e. The van der Waals surface area contributed by atoms with Crippen LogP contribution in [0.4, 0.5) is 26.3 Å². The van der Waals surface area contributed by atoms with E-state index >= 15 is 0 Å². The highest BCUT2D eigenvalue weighted by molar-refractivity contribution is 5.10. The van der Waals surface area contributed by atoms with Crippen molar-refractivity contribution in [1.82, 2.24) is 0 Å². The molecular formula is C28H46F6O2. The summed E-state index contributed by atoms with van der Waals surface area (Å²) >= 11 is 0. The van der Waals surface area contributed by atoms with Gasteiger partial charge >= 0.3 is 12.4 Å².